The topological polar surface area (TPSA) is 51.0 Å². The SMILES string of the molecule is Cc1ccccc1CN(C)C(=O)CSc1nncn1-c1cccc(Cl)c1. The van der Waals surface area contributed by atoms with E-state index in [2.05, 4.69) is 23.2 Å². The Morgan fingerprint density at radius 3 is 2.81 bits per heavy atom. The third-order valence-corrected chi connectivity index (χ3v) is 5.19. The molecular formula is C19H19ClN4OS. The second kappa shape index (κ2) is 8.38. The van der Waals surface area contributed by atoms with Crippen LogP contribution in [0.5, 0.6) is 0 Å². The predicted molar refractivity (Wildman–Crippen MR) is 105 cm³/mol. The number of nitrogens with zero attached hydrogens (tertiary/aromatic N) is 4. The fraction of sp³-hybridized carbons (Fsp3) is 0.211. The van der Waals surface area contributed by atoms with Crippen molar-refractivity contribution in [2.75, 3.05) is 12.8 Å². The van der Waals surface area contributed by atoms with Crippen LogP contribution in [0.3, 0.4) is 0 Å². The lowest BCUT2D eigenvalue weighted by Crippen LogP contribution is -2.28. The molecule has 0 N–H and O–H groups in total. The van der Waals surface area contributed by atoms with E-state index in [-0.39, 0.29) is 5.91 Å². The Balaban J connectivity index is 1.63. The van der Waals surface area contributed by atoms with E-state index in [4.69, 9.17) is 11.6 Å². The third-order valence-electron chi connectivity index (χ3n) is 4.02. The van der Waals surface area contributed by atoms with Crippen LogP contribution in [0.2, 0.25) is 5.02 Å². The highest BCUT2D eigenvalue weighted by atomic mass is 35.5. The maximum absolute atomic E-state index is 12.5. The molecule has 3 aromatic rings. The number of aryl methyl sites for hydroxylation is 1. The minimum Gasteiger partial charge on any atom is -0.341 e. The number of carbonyl (C=O) groups is 1. The fourth-order valence-corrected chi connectivity index (χ4v) is 3.55. The van der Waals surface area contributed by atoms with E-state index in [0.717, 1.165) is 11.3 Å². The molecule has 134 valence electrons. The number of carbonyl (C=O) groups excluding carboxylic acids is 1. The summed E-state index contributed by atoms with van der Waals surface area (Å²) in [6.45, 7) is 2.64. The van der Waals surface area contributed by atoms with Gasteiger partial charge in [-0.2, -0.15) is 0 Å². The molecule has 0 bridgehead atoms. The largest absolute Gasteiger partial charge is 0.341 e. The van der Waals surface area contributed by atoms with Gasteiger partial charge in [-0.15, -0.1) is 10.2 Å². The van der Waals surface area contributed by atoms with Crippen LogP contribution in [0.1, 0.15) is 11.1 Å². The summed E-state index contributed by atoms with van der Waals surface area (Å²) in [4.78, 5) is 14.2. The van der Waals surface area contributed by atoms with Crippen LogP contribution < -0.4 is 0 Å². The zero-order valence-corrected chi connectivity index (χ0v) is 16.2. The number of thioether (sulfide) groups is 1. The van der Waals surface area contributed by atoms with Gasteiger partial charge in [-0.25, -0.2) is 0 Å². The molecule has 2 aromatic carbocycles. The van der Waals surface area contributed by atoms with Crippen molar-refractivity contribution in [2.24, 2.45) is 0 Å². The summed E-state index contributed by atoms with van der Waals surface area (Å²) in [5.74, 6) is 0.334. The Bertz CT molecular complexity index is 912. The summed E-state index contributed by atoms with van der Waals surface area (Å²) in [5.41, 5.74) is 3.20. The van der Waals surface area contributed by atoms with E-state index >= 15 is 0 Å². The first-order valence-corrected chi connectivity index (χ1v) is 9.48. The van der Waals surface area contributed by atoms with Crippen LogP contribution in [0.15, 0.2) is 60.0 Å². The van der Waals surface area contributed by atoms with Crippen molar-refractivity contribution in [3.63, 3.8) is 0 Å². The molecule has 0 spiro atoms. The van der Waals surface area contributed by atoms with Crippen LogP contribution >= 0.6 is 23.4 Å². The van der Waals surface area contributed by atoms with Crippen molar-refractivity contribution in [3.8, 4) is 5.69 Å². The van der Waals surface area contributed by atoms with Gasteiger partial charge < -0.3 is 4.90 Å². The lowest BCUT2D eigenvalue weighted by Gasteiger charge is -2.18. The molecule has 1 aromatic heterocycles. The number of hydrogen-bond acceptors (Lipinski definition) is 4. The van der Waals surface area contributed by atoms with Gasteiger partial charge in [-0.3, -0.25) is 9.36 Å². The van der Waals surface area contributed by atoms with Gasteiger partial charge >= 0.3 is 0 Å². The molecule has 1 amide bonds. The summed E-state index contributed by atoms with van der Waals surface area (Å²) in [6, 6.07) is 15.5. The number of benzene rings is 2. The molecule has 3 rings (SSSR count). The maximum Gasteiger partial charge on any atom is 0.233 e. The van der Waals surface area contributed by atoms with Crippen molar-refractivity contribution in [2.45, 2.75) is 18.6 Å². The number of rotatable bonds is 6. The van der Waals surface area contributed by atoms with E-state index in [1.807, 2.05) is 54.1 Å². The summed E-state index contributed by atoms with van der Waals surface area (Å²) in [5, 5.41) is 9.37. The van der Waals surface area contributed by atoms with Gasteiger partial charge in [0, 0.05) is 18.6 Å². The summed E-state index contributed by atoms with van der Waals surface area (Å²) in [7, 11) is 1.82. The van der Waals surface area contributed by atoms with Gasteiger partial charge in [0.15, 0.2) is 5.16 Å². The van der Waals surface area contributed by atoms with Crippen LogP contribution in [-0.2, 0) is 11.3 Å². The molecule has 26 heavy (non-hydrogen) atoms. The highest BCUT2D eigenvalue weighted by Crippen LogP contribution is 2.22. The number of hydrogen-bond donors (Lipinski definition) is 0. The lowest BCUT2D eigenvalue weighted by atomic mass is 10.1. The van der Waals surface area contributed by atoms with E-state index in [1.54, 1.807) is 11.2 Å². The number of amides is 1. The molecule has 0 saturated heterocycles. The lowest BCUT2D eigenvalue weighted by molar-refractivity contribution is -0.127. The molecule has 1 heterocycles. The maximum atomic E-state index is 12.5. The van der Waals surface area contributed by atoms with Gasteiger partial charge in [0.25, 0.3) is 0 Å². The van der Waals surface area contributed by atoms with Crippen molar-refractivity contribution >= 4 is 29.3 Å². The molecule has 7 heteroatoms. The Kier molecular flexibility index (Phi) is 5.96. The average Bonchev–Trinajstić information content (AvgIpc) is 3.10. The molecule has 0 atom stereocenters. The van der Waals surface area contributed by atoms with Gasteiger partial charge in [-0.05, 0) is 36.2 Å². The van der Waals surface area contributed by atoms with Crippen molar-refractivity contribution in [1.82, 2.24) is 19.7 Å². The highest BCUT2D eigenvalue weighted by Gasteiger charge is 2.14. The van der Waals surface area contributed by atoms with Crippen molar-refractivity contribution < 1.29 is 4.79 Å². The second-order valence-electron chi connectivity index (χ2n) is 5.93. The first kappa shape index (κ1) is 18.5. The Morgan fingerprint density at radius 1 is 1.23 bits per heavy atom. The number of aromatic nitrogens is 3. The Hall–Kier alpha value is -2.31. The monoisotopic (exact) mass is 386 g/mol. The van der Waals surface area contributed by atoms with Gasteiger partial charge in [0.05, 0.1) is 11.4 Å². The molecule has 0 aliphatic rings. The smallest absolute Gasteiger partial charge is 0.233 e. The molecule has 0 radical (unpaired) electrons. The zero-order chi connectivity index (χ0) is 18.5. The molecular weight excluding hydrogens is 368 g/mol. The quantitative estimate of drug-likeness (QED) is 0.601. The van der Waals surface area contributed by atoms with E-state index in [9.17, 15) is 4.79 Å². The van der Waals surface area contributed by atoms with Crippen molar-refractivity contribution in [1.29, 1.82) is 0 Å². The summed E-state index contributed by atoms with van der Waals surface area (Å²) in [6.07, 6.45) is 1.62. The van der Waals surface area contributed by atoms with Crippen LogP contribution in [0, 0.1) is 6.92 Å². The standard InChI is InChI=1S/C19H19ClN4OS/c1-14-6-3-4-7-15(14)11-23(2)18(25)12-26-19-22-21-13-24(19)17-9-5-8-16(20)10-17/h3-10,13H,11-12H2,1-2H3. The van der Waals surface area contributed by atoms with Crippen molar-refractivity contribution in [3.05, 3.63) is 71.0 Å². The minimum atomic E-state index is 0.0406. The summed E-state index contributed by atoms with van der Waals surface area (Å²) < 4.78 is 1.82. The molecule has 5 nitrogen and oxygen atoms in total. The van der Waals surface area contributed by atoms with E-state index in [0.29, 0.717) is 22.5 Å². The molecule has 0 unspecified atom stereocenters. The predicted octanol–water partition coefficient (Wildman–Crippen LogP) is 3.98. The zero-order valence-electron chi connectivity index (χ0n) is 14.6. The Morgan fingerprint density at radius 2 is 2.04 bits per heavy atom. The van der Waals surface area contributed by atoms with Gasteiger partial charge in [-0.1, -0.05) is 53.7 Å². The first-order valence-electron chi connectivity index (χ1n) is 8.12. The first-order chi connectivity index (χ1) is 12.5. The third kappa shape index (κ3) is 4.45. The minimum absolute atomic E-state index is 0.0406. The van der Waals surface area contributed by atoms with Crippen LogP contribution in [0.25, 0.3) is 5.69 Å². The van der Waals surface area contributed by atoms with Crippen LogP contribution in [0.4, 0.5) is 0 Å². The van der Waals surface area contributed by atoms with Crippen LogP contribution in [-0.4, -0.2) is 38.4 Å². The van der Waals surface area contributed by atoms with Gasteiger partial charge in [0.1, 0.15) is 6.33 Å². The normalized spacial score (nSPS) is 10.7. The summed E-state index contributed by atoms with van der Waals surface area (Å²) >= 11 is 7.41. The molecule has 0 aliphatic carbocycles. The molecule has 0 fully saturated rings. The second-order valence-corrected chi connectivity index (χ2v) is 7.31. The fourth-order valence-electron chi connectivity index (χ4n) is 2.49. The Labute approximate surface area is 162 Å². The molecule has 0 aliphatic heterocycles. The van der Waals surface area contributed by atoms with E-state index < -0.39 is 0 Å². The molecule has 0 saturated carbocycles. The number of halogens is 1. The van der Waals surface area contributed by atoms with E-state index in [1.165, 1.54) is 17.3 Å². The average molecular weight is 387 g/mol. The highest BCUT2D eigenvalue weighted by molar-refractivity contribution is 7.99. The van der Waals surface area contributed by atoms with Gasteiger partial charge in [0.2, 0.25) is 5.91 Å².